The molecule has 0 bridgehead atoms. The van der Waals surface area contributed by atoms with Gasteiger partial charge in [-0.1, -0.05) is 28.1 Å². The molecule has 1 aliphatic rings. The third-order valence-corrected chi connectivity index (χ3v) is 5.84. The van der Waals surface area contributed by atoms with Crippen molar-refractivity contribution >= 4 is 33.9 Å². The van der Waals surface area contributed by atoms with Crippen LogP contribution in [0.1, 0.15) is 52.0 Å². The van der Waals surface area contributed by atoms with E-state index in [2.05, 4.69) is 26.6 Å². The standard InChI is InChI=1S/C23H33BrN2O5/c1-23(2,3)31-22(29)25-14-16-5-9-17(10-6-16)20(27)26-19(21(28)30-4)13-15-7-11-18(24)12-8-15/h7-8,11-12,16-17,19H,5-6,9-10,13-14H2,1-4H3,(H,25,29)(H,26,27). The second-order valence-corrected chi connectivity index (χ2v) is 9.93. The van der Waals surface area contributed by atoms with Gasteiger partial charge in [0, 0.05) is 23.4 Å². The number of benzene rings is 1. The fourth-order valence-electron chi connectivity index (χ4n) is 3.65. The van der Waals surface area contributed by atoms with Crippen molar-refractivity contribution in [3.8, 4) is 0 Å². The van der Waals surface area contributed by atoms with Gasteiger partial charge in [-0.2, -0.15) is 0 Å². The largest absolute Gasteiger partial charge is 0.467 e. The molecule has 0 spiro atoms. The monoisotopic (exact) mass is 496 g/mol. The number of hydrogen-bond donors (Lipinski definition) is 2. The summed E-state index contributed by atoms with van der Waals surface area (Å²) in [6, 6.07) is 6.91. The zero-order chi connectivity index (χ0) is 23.0. The molecule has 1 fully saturated rings. The van der Waals surface area contributed by atoms with Gasteiger partial charge in [0.1, 0.15) is 11.6 Å². The zero-order valence-electron chi connectivity index (χ0n) is 18.7. The Morgan fingerprint density at radius 1 is 1.10 bits per heavy atom. The molecular weight excluding hydrogens is 464 g/mol. The Kier molecular flexibility index (Phi) is 9.34. The molecule has 1 unspecified atom stereocenters. The molecule has 1 atom stereocenters. The fraction of sp³-hybridized carbons (Fsp3) is 0.609. The van der Waals surface area contributed by atoms with Crippen LogP contribution in [0.3, 0.4) is 0 Å². The van der Waals surface area contributed by atoms with Gasteiger partial charge in [0.05, 0.1) is 7.11 Å². The van der Waals surface area contributed by atoms with Gasteiger partial charge in [-0.15, -0.1) is 0 Å². The molecule has 172 valence electrons. The summed E-state index contributed by atoms with van der Waals surface area (Å²) < 4.78 is 11.1. The maximum absolute atomic E-state index is 12.8. The van der Waals surface area contributed by atoms with Crippen LogP contribution in [0.25, 0.3) is 0 Å². The molecular formula is C23H33BrN2O5. The normalized spacial score (nSPS) is 19.8. The highest BCUT2D eigenvalue weighted by molar-refractivity contribution is 9.10. The predicted octanol–water partition coefficient (Wildman–Crippen LogP) is 3.98. The van der Waals surface area contributed by atoms with E-state index in [0.717, 1.165) is 35.7 Å². The number of ether oxygens (including phenoxy) is 2. The molecule has 2 rings (SSSR count). The topological polar surface area (TPSA) is 93.7 Å². The van der Waals surface area contributed by atoms with E-state index in [1.807, 2.05) is 45.0 Å². The molecule has 1 aromatic rings. The molecule has 0 aromatic heterocycles. The molecule has 2 N–H and O–H groups in total. The average molecular weight is 497 g/mol. The van der Waals surface area contributed by atoms with Gasteiger partial charge < -0.3 is 20.1 Å². The lowest BCUT2D eigenvalue weighted by Crippen LogP contribution is -2.46. The first-order chi connectivity index (χ1) is 14.6. The molecule has 0 saturated heterocycles. The summed E-state index contributed by atoms with van der Waals surface area (Å²) in [6.45, 7) is 6.02. The van der Waals surface area contributed by atoms with Crippen LogP contribution in [0.15, 0.2) is 28.7 Å². The number of methoxy groups -OCH3 is 1. The number of rotatable bonds is 7. The lowest BCUT2D eigenvalue weighted by atomic mass is 9.81. The molecule has 1 aliphatic carbocycles. The predicted molar refractivity (Wildman–Crippen MR) is 121 cm³/mol. The van der Waals surface area contributed by atoms with Crippen LogP contribution in [0, 0.1) is 11.8 Å². The molecule has 0 aliphatic heterocycles. The van der Waals surface area contributed by atoms with E-state index in [4.69, 9.17) is 9.47 Å². The molecule has 0 radical (unpaired) electrons. The summed E-state index contributed by atoms with van der Waals surface area (Å²) in [5.41, 5.74) is 0.419. The van der Waals surface area contributed by atoms with Gasteiger partial charge in [-0.25, -0.2) is 9.59 Å². The van der Waals surface area contributed by atoms with E-state index in [0.29, 0.717) is 18.9 Å². The van der Waals surface area contributed by atoms with E-state index < -0.39 is 23.7 Å². The van der Waals surface area contributed by atoms with Crippen molar-refractivity contribution in [2.45, 2.75) is 64.5 Å². The quantitative estimate of drug-likeness (QED) is 0.556. The number of nitrogens with one attached hydrogen (secondary N) is 2. The molecule has 1 aromatic carbocycles. The van der Waals surface area contributed by atoms with Gasteiger partial charge in [0.2, 0.25) is 5.91 Å². The van der Waals surface area contributed by atoms with Crippen LogP contribution in [-0.2, 0) is 25.5 Å². The minimum Gasteiger partial charge on any atom is -0.467 e. The summed E-state index contributed by atoms with van der Waals surface area (Å²) in [5, 5.41) is 5.69. The van der Waals surface area contributed by atoms with E-state index >= 15 is 0 Å². The van der Waals surface area contributed by atoms with Crippen LogP contribution in [0.2, 0.25) is 0 Å². The summed E-state index contributed by atoms with van der Waals surface area (Å²) >= 11 is 3.39. The number of halogens is 1. The SMILES string of the molecule is COC(=O)C(Cc1ccc(Br)cc1)NC(=O)C1CCC(CNC(=O)OC(C)(C)C)CC1. The van der Waals surface area contributed by atoms with E-state index in [1.165, 1.54) is 7.11 Å². The molecule has 0 heterocycles. The summed E-state index contributed by atoms with van der Waals surface area (Å²) in [4.78, 5) is 36.8. The van der Waals surface area contributed by atoms with Crippen molar-refractivity contribution in [1.29, 1.82) is 0 Å². The van der Waals surface area contributed by atoms with Gasteiger partial charge in [0.15, 0.2) is 0 Å². The minimum absolute atomic E-state index is 0.119. The van der Waals surface area contributed by atoms with Crippen molar-refractivity contribution in [3.63, 3.8) is 0 Å². The van der Waals surface area contributed by atoms with Crippen LogP contribution >= 0.6 is 15.9 Å². The van der Waals surface area contributed by atoms with Crippen molar-refractivity contribution < 1.29 is 23.9 Å². The van der Waals surface area contributed by atoms with Crippen molar-refractivity contribution in [3.05, 3.63) is 34.3 Å². The molecule has 1 saturated carbocycles. The summed E-state index contributed by atoms with van der Waals surface area (Å²) in [7, 11) is 1.33. The third-order valence-electron chi connectivity index (χ3n) is 5.31. The minimum atomic E-state index is -0.717. The number of alkyl carbamates (subject to hydrolysis) is 1. The second kappa shape index (κ2) is 11.5. The van der Waals surface area contributed by atoms with E-state index in [9.17, 15) is 14.4 Å². The van der Waals surface area contributed by atoms with Crippen LogP contribution < -0.4 is 10.6 Å². The molecule has 2 amide bonds. The smallest absolute Gasteiger partial charge is 0.407 e. The maximum Gasteiger partial charge on any atom is 0.407 e. The maximum atomic E-state index is 12.8. The van der Waals surface area contributed by atoms with Crippen molar-refractivity contribution in [2.24, 2.45) is 11.8 Å². The average Bonchev–Trinajstić information content (AvgIpc) is 2.71. The number of hydrogen-bond acceptors (Lipinski definition) is 5. The van der Waals surface area contributed by atoms with Crippen LogP contribution in [-0.4, -0.2) is 43.3 Å². The fourth-order valence-corrected chi connectivity index (χ4v) is 3.92. The number of carbonyl (C=O) groups excluding carboxylic acids is 3. The summed E-state index contributed by atoms with van der Waals surface area (Å²) in [6.07, 6.45) is 3.08. The highest BCUT2D eigenvalue weighted by atomic mass is 79.9. The first-order valence-corrected chi connectivity index (χ1v) is 11.5. The van der Waals surface area contributed by atoms with Crippen molar-refractivity contribution in [2.75, 3.05) is 13.7 Å². The second-order valence-electron chi connectivity index (χ2n) is 9.02. The Morgan fingerprint density at radius 3 is 2.26 bits per heavy atom. The van der Waals surface area contributed by atoms with E-state index in [1.54, 1.807) is 0 Å². The van der Waals surface area contributed by atoms with E-state index in [-0.39, 0.29) is 11.8 Å². The molecule has 8 heteroatoms. The molecule has 7 nitrogen and oxygen atoms in total. The van der Waals surface area contributed by atoms with Gasteiger partial charge in [-0.3, -0.25) is 4.79 Å². The Bertz CT molecular complexity index is 752. The number of amides is 2. The Hall–Kier alpha value is -2.09. The Balaban J connectivity index is 1.82. The van der Waals surface area contributed by atoms with Gasteiger partial charge in [-0.05, 0) is 70.1 Å². The zero-order valence-corrected chi connectivity index (χ0v) is 20.3. The number of carbonyl (C=O) groups is 3. The Labute approximate surface area is 192 Å². The Morgan fingerprint density at radius 2 is 1.71 bits per heavy atom. The lowest BCUT2D eigenvalue weighted by molar-refractivity contribution is -0.145. The highest BCUT2D eigenvalue weighted by Gasteiger charge is 2.30. The van der Waals surface area contributed by atoms with Crippen LogP contribution in [0.5, 0.6) is 0 Å². The van der Waals surface area contributed by atoms with Crippen LogP contribution in [0.4, 0.5) is 4.79 Å². The lowest BCUT2D eigenvalue weighted by Gasteiger charge is -2.29. The molecule has 31 heavy (non-hydrogen) atoms. The van der Waals surface area contributed by atoms with Gasteiger partial charge >= 0.3 is 12.1 Å². The first-order valence-electron chi connectivity index (χ1n) is 10.7. The summed E-state index contributed by atoms with van der Waals surface area (Å²) in [5.74, 6) is -0.400. The first kappa shape index (κ1) is 25.2. The highest BCUT2D eigenvalue weighted by Crippen LogP contribution is 2.29. The third kappa shape index (κ3) is 8.89. The van der Waals surface area contributed by atoms with Gasteiger partial charge in [0.25, 0.3) is 0 Å². The number of esters is 1. The van der Waals surface area contributed by atoms with Crippen molar-refractivity contribution in [1.82, 2.24) is 10.6 Å².